The highest BCUT2D eigenvalue weighted by Crippen LogP contribution is 2.55. The minimum absolute atomic E-state index is 0.0988. The molecule has 4 aliphatic carbocycles. The molecule has 1 aromatic carbocycles. The number of aromatic nitrogens is 2. The number of hydrogen-bond donors (Lipinski definition) is 2. The van der Waals surface area contributed by atoms with Crippen LogP contribution >= 0.6 is 0 Å². The molecule has 1 amide bonds. The van der Waals surface area contributed by atoms with Gasteiger partial charge in [-0.05, 0) is 56.8 Å². The van der Waals surface area contributed by atoms with E-state index in [-0.39, 0.29) is 11.9 Å². The van der Waals surface area contributed by atoms with Gasteiger partial charge in [0.25, 0.3) is 5.91 Å². The largest absolute Gasteiger partial charge is 0.390 e. The van der Waals surface area contributed by atoms with Crippen molar-refractivity contribution in [2.75, 3.05) is 0 Å². The molecular weight excluding hydrogens is 338 g/mol. The fraction of sp³-hybridized carbons (Fsp3) is 0.500. The Labute approximate surface area is 159 Å². The number of nitrogens with one attached hydrogen (secondary N) is 1. The zero-order valence-corrected chi connectivity index (χ0v) is 15.6. The van der Waals surface area contributed by atoms with Crippen molar-refractivity contribution in [2.45, 2.75) is 50.7 Å². The molecule has 0 saturated heterocycles. The standard InChI is InChI=1S/C22H25N3O2/c1-13-23-12-18(20(24-13)15-5-3-2-4-6-15)21(26)25-19-16-7-14-8-17(19)11-22(27,9-14)10-16/h2-6,12,14,16-17,19,27H,7-11H2,1H3,(H,25,26). The van der Waals surface area contributed by atoms with Crippen molar-refractivity contribution in [1.82, 2.24) is 15.3 Å². The molecule has 0 radical (unpaired) electrons. The van der Waals surface area contributed by atoms with Crippen molar-refractivity contribution in [2.24, 2.45) is 17.8 Å². The van der Waals surface area contributed by atoms with Crippen LogP contribution in [0.5, 0.6) is 0 Å². The van der Waals surface area contributed by atoms with Gasteiger partial charge in [-0.2, -0.15) is 0 Å². The number of carbonyl (C=O) groups is 1. The van der Waals surface area contributed by atoms with Crippen molar-refractivity contribution < 1.29 is 9.90 Å². The van der Waals surface area contributed by atoms with E-state index < -0.39 is 5.60 Å². The molecule has 2 aromatic rings. The Hall–Kier alpha value is -2.27. The van der Waals surface area contributed by atoms with Crippen LogP contribution in [0.4, 0.5) is 0 Å². The second-order valence-electron chi connectivity index (χ2n) is 8.74. The van der Waals surface area contributed by atoms with Gasteiger partial charge >= 0.3 is 0 Å². The number of benzene rings is 1. The number of amides is 1. The first-order valence-electron chi connectivity index (χ1n) is 9.93. The number of rotatable bonds is 3. The Kier molecular flexibility index (Phi) is 3.83. The number of aryl methyl sites for hydroxylation is 1. The fourth-order valence-electron chi connectivity index (χ4n) is 5.90. The highest BCUT2D eigenvalue weighted by molar-refractivity contribution is 5.99. The maximum Gasteiger partial charge on any atom is 0.255 e. The van der Waals surface area contributed by atoms with E-state index in [0.29, 0.717) is 34.8 Å². The van der Waals surface area contributed by atoms with Gasteiger partial charge in [0.05, 0.1) is 16.9 Å². The van der Waals surface area contributed by atoms with Crippen LogP contribution in [-0.4, -0.2) is 32.6 Å². The molecule has 4 bridgehead atoms. The molecule has 4 aliphatic rings. The molecule has 2 atom stereocenters. The van der Waals surface area contributed by atoms with Crippen molar-refractivity contribution in [3.8, 4) is 11.3 Å². The van der Waals surface area contributed by atoms with E-state index in [1.54, 1.807) is 6.20 Å². The smallest absolute Gasteiger partial charge is 0.255 e. The molecule has 5 nitrogen and oxygen atoms in total. The van der Waals surface area contributed by atoms with Crippen molar-refractivity contribution in [1.29, 1.82) is 0 Å². The Bertz CT molecular complexity index is 866. The van der Waals surface area contributed by atoms with Crippen LogP contribution < -0.4 is 5.32 Å². The lowest BCUT2D eigenvalue weighted by Crippen LogP contribution is -2.61. The average Bonchev–Trinajstić information content (AvgIpc) is 2.64. The zero-order chi connectivity index (χ0) is 18.6. The van der Waals surface area contributed by atoms with E-state index >= 15 is 0 Å². The van der Waals surface area contributed by atoms with Crippen LogP contribution in [0.3, 0.4) is 0 Å². The number of carbonyl (C=O) groups excluding carboxylic acids is 1. The van der Waals surface area contributed by atoms with E-state index in [9.17, 15) is 9.90 Å². The van der Waals surface area contributed by atoms with Crippen molar-refractivity contribution >= 4 is 5.91 Å². The van der Waals surface area contributed by atoms with Crippen molar-refractivity contribution in [3.05, 3.63) is 47.9 Å². The molecule has 2 N–H and O–H groups in total. The van der Waals surface area contributed by atoms with Gasteiger partial charge in [-0.15, -0.1) is 0 Å². The van der Waals surface area contributed by atoms with Gasteiger partial charge in [0.2, 0.25) is 0 Å². The second-order valence-corrected chi connectivity index (χ2v) is 8.74. The number of aliphatic hydroxyl groups is 1. The number of nitrogens with zero attached hydrogens (tertiary/aromatic N) is 2. The second kappa shape index (κ2) is 6.13. The summed E-state index contributed by atoms with van der Waals surface area (Å²) in [7, 11) is 0. The van der Waals surface area contributed by atoms with Gasteiger partial charge in [0, 0.05) is 17.8 Å². The van der Waals surface area contributed by atoms with Gasteiger partial charge < -0.3 is 10.4 Å². The molecular formula is C22H25N3O2. The third-order valence-electron chi connectivity index (χ3n) is 6.74. The predicted octanol–water partition coefficient (Wildman–Crippen LogP) is 3.12. The summed E-state index contributed by atoms with van der Waals surface area (Å²) in [6.45, 7) is 1.84. The van der Waals surface area contributed by atoms with Crippen LogP contribution in [0.2, 0.25) is 0 Å². The molecule has 27 heavy (non-hydrogen) atoms. The van der Waals surface area contributed by atoms with Crippen LogP contribution in [0.15, 0.2) is 36.5 Å². The topological polar surface area (TPSA) is 75.1 Å². The predicted molar refractivity (Wildman–Crippen MR) is 102 cm³/mol. The third-order valence-corrected chi connectivity index (χ3v) is 6.74. The van der Waals surface area contributed by atoms with Crippen LogP contribution in [0, 0.1) is 24.7 Å². The third kappa shape index (κ3) is 2.94. The summed E-state index contributed by atoms with van der Waals surface area (Å²) in [5.41, 5.74) is 1.65. The molecule has 4 fully saturated rings. The minimum Gasteiger partial charge on any atom is -0.390 e. The Morgan fingerprint density at radius 3 is 2.52 bits per heavy atom. The number of hydrogen-bond acceptors (Lipinski definition) is 4. The summed E-state index contributed by atoms with van der Waals surface area (Å²) in [5.74, 6) is 1.96. The van der Waals surface area contributed by atoms with Gasteiger partial charge in [-0.25, -0.2) is 9.97 Å². The van der Waals surface area contributed by atoms with Gasteiger partial charge in [0.1, 0.15) is 5.82 Å². The molecule has 0 spiro atoms. The fourth-order valence-corrected chi connectivity index (χ4v) is 5.90. The monoisotopic (exact) mass is 363 g/mol. The van der Waals surface area contributed by atoms with E-state index in [0.717, 1.165) is 37.7 Å². The summed E-state index contributed by atoms with van der Waals surface area (Å²) >= 11 is 0. The summed E-state index contributed by atoms with van der Waals surface area (Å²) in [6.07, 6.45) is 6.48. The summed E-state index contributed by atoms with van der Waals surface area (Å²) in [4.78, 5) is 22.0. The van der Waals surface area contributed by atoms with Gasteiger partial charge in [0.15, 0.2) is 0 Å². The molecule has 5 heteroatoms. The Morgan fingerprint density at radius 1 is 1.15 bits per heavy atom. The van der Waals surface area contributed by atoms with E-state index in [1.807, 2.05) is 37.3 Å². The maximum absolute atomic E-state index is 13.2. The molecule has 2 unspecified atom stereocenters. The van der Waals surface area contributed by atoms with Gasteiger partial charge in [-0.1, -0.05) is 30.3 Å². The maximum atomic E-state index is 13.2. The lowest BCUT2D eigenvalue weighted by atomic mass is 9.52. The quantitative estimate of drug-likeness (QED) is 0.879. The zero-order valence-electron chi connectivity index (χ0n) is 15.6. The lowest BCUT2D eigenvalue weighted by molar-refractivity contribution is -0.136. The van der Waals surface area contributed by atoms with Crippen LogP contribution in [-0.2, 0) is 0 Å². The average molecular weight is 363 g/mol. The summed E-state index contributed by atoms with van der Waals surface area (Å²) in [6, 6.07) is 9.95. The van der Waals surface area contributed by atoms with E-state index in [2.05, 4.69) is 15.3 Å². The minimum atomic E-state index is -0.486. The summed E-state index contributed by atoms with van der Waals surface area (Å²) < 4.78 is 0. The highest BCUT2D eigenvalue weighted by Gasteiger charge is 2.55. The van der Waals surface area contributed by atoms with E-state index in [1.165, 1.54) is 0 Å². The normalized spacial score (nSPS) is 33.9. The van der Waals surface area contributed by atoms with Crippen LogP contribution in [0.1, 0.15) is 48.3 Å². The lowest BCUT2D eigenvalue weighted by Gasteiger charge is -2.58. The van der Waals surface area contributed by atoms with E-state index in [4.69, 9.17) is 0 Å². The first kappa shape index (κ1) is 16.9. The molecule has 6 rings (SSSR count). The molecule has 1 aromatic heterocycles. The first-order valence-corrected chi connectivity index (χ1v) is 9.93. The molecule has 1 heterocycles. The van der Waals surface area contributed by atoms with Crippen LogP contribution in [0.25, 0.3) is 11.3 Å². The first-order chi connectivity index (χ1) is 13.0. The molecule has 4 saturated carbocycles. The highest BCUT2D eigenvalue weighted by atomic mass is 16.3. The van der Waals surface area contributed by atoms with Crippen molar-refractivity contribution in [3.63, 3.8) is 0 Å². The molecule has 0 aliphatic heterocycles. The Morgan fingerprint density at radius 2 is 1.85 bits per heavy atom. The molecule has 140 valence electrons. The SMILES string of the molecule is Cc1ncc(C(=O)NC2C3CC4CC2CC(O)(C4)C3)c(-c2ccccc2)n1. The summed E-state index contributed by atoms with van der Waals surface area (Å²) in [5, 5.41) is 14.1. The Balaban J connectivity index is 1.43. The van der Waals surface area contributed by atoms with Gasteiger partial charge in [-0.3, -0.25) is 4.79 Å².